The lowest BCUT2D eigenvalue weighted by molar-refractivity contribution is -0.117. The monoisotopic (exact) mass is 372 g/mol. The smallest absolute Gasteiger partial charge is 0.169 e. The Kier molecular flexibility index (Phi) is 4.13. The maximum Gasteiger partial charge on any atom is 0.169 e. The number of carbonyl (C=O) groups excluding carboxylic acids is 1. The SMILES string of the molecule is Cc1ccc(-c2ccc(Cl)c(Cl)c2)cc1C1=C(O)[C@@H]2CC[C@@H](C2)C1=O. The third-order valence-electron chi connectivity index (χ3n) is 5.45. The zero-order chi connectivity index (χ0) is 17.7. The number of allylic oxidation sites excluding steroid dienone is 2. The van der Waals surface area contributed by atoms with E-state index in [1.807, 2.05) is 37.3 Å². The maximum atomic E-state index is 12.8. The lowest BCUT2D eigenvalue weighted by Gasteiger charge is -2.23. The molecule has 0 aliphatic heterocycles. The molecular weight excluding hydrogens is 355 g/mol. The average Bonchev–Trinajstić information content (AvgIpc) is 3.05. The lowest BCUT2D eigenvalue weighted by atomic mass is 9.81. The third-order valence-corrected chi connectivity index (χ3v) is 6.19. The summed E-state index contributed by atoms with van der Waals surface area (Å²) in [7, 11) is 0. The lowest BCUT2D eigenvalue weighted by Crippen LogP contribution is -2.21. The molecular formula is C21H18Cl2O2. The second kappa shape index (κ2) is 6.19. The van der Waals surface area contributed by atoms with Crippen LogP contribution < -0.4 is 0 Å². The number of aliphatic hydroxyl groups is 1. The van der Waals surface area contributed by atoms with Crippen LogP contribution >= 0.6 is 23.2 Å². The average molecular weight is 373 g/mol. The van der Waals surface area contributed by atoms with Crippen LogP contribution in [0.4, 0.5) is 0 Å². The Hall–Kier alpha value is -1.77. The van der Waals surface area contributed by atoms with Crippen molar-refractivity contribution in [3.05, 3.63) is 63.3 Å². The maximum absolute atomic E-state index is 12.8. The van der Waals surface area contributed by atoms with E-state index in [1.165, 1.54) is 0 Å². The number of halogens is 2. The summed E-state index contributed by atoms with van der Waals surface area (Å²) in [6, 6.07) is 11.4. The van der Waals surface area contributed by atoms with E-state index in [2.05, 4.69) is 0 Å². The van der Waals surface area contributed by atoms with Crippen LogP contribution in [0.25, 0.3) is 16.7 Å². The Bertz CT molecular complexity index is 914. The van der Waals surface area contributed by atoms with Gasteiger partial charge in [-0.25, -0.2) is 0 Å². The number of hydrogen-bond donors (Lipinski definition) is 1. The Morgan fingerprint density at radius 3 is 2.40 bits per heavy atom. The number of hydrogen-bond acceptors (Lipinski definition) is 2. The van der Waals surface area contributed by atoms with E-state index in [9.17, 15) is 9.90 Å². The van der Waals surface area contributed by atoms with Gasteiger partial charge in [0.15, 0.2) is 5.78 Å². The predicted molar refractivity (Wildman–Crippen MR) is 102 cm³/mol. The van der Waals surface area contributed by atoms with Crippen LogP contribution in [-0.4, -0.2) is 10.9 Å². The van der Waals surface area contributed by atoms with Crippen molar-refractivity contribution in [2.24, 2.45) is 11.8 Å². The predicted octanol–water partition coefficient (Wildman–Crippen LogP) is 6.24. The van der Waals surface area contributed by atoms with Crippen molar-refractivity contribution in [1.29, 1.82) is 0 Å². The van der Waals surface area contributed by atoms with Crippen molar-refractivity contribution in [3.8, 4) is 11.1 Å². The molecule has 1 saturated carbocycles. The van der Waals surface area contributed by atoms with Gasteiger partial charge in [-0.2, -0.15) is 0 Å². The molecule has 1 fully saturated rings. The summed E-state index contributed by atoms with van der Waals surface area (Å²) >= 11 is 12.1. The quantitative estimate of drug-likeness (QED) is 0.677. The van der Waals surface area contributed by atoms with Gasteiger partial charge in [0, 0.05) is 11.8 Å². The molecule has 2 atom stereocenters. The van der Waals surface area contributed by atoms with Gasteiger partial charge in [-0.3, -0.25) is 4.79 Å². The number of aliphatic hydroxyl groups excluding tert-OH is 1. The van der Waals surface area contributed by atoms with Gasteiger partial charge in [-0.15, -0.1) is 0 Å². The van der Waals surface area contributed by atoms with Crippen molar-refractivity contribution < 1.29 is 9.90 Å². The van der Waals surface area contributed by atoms with E-state index in [0.717, 1.165) is 41.5 Å². The highest BCUT2D eigenvalue weighted by molar-refractivity contribution is 6.42. The molecule has 0 unspecified atom stereocenters. The fourth-order valence-corrected chi connectivity index (χ4v) is 4.32. The van der Waals surface area contributed by atoms with Gasteiger partial charge in [-0.05, 0) is 66.6 Å². The molecule has 2 nitrogen and oxygen atoms in total. The number of fused-ring (bicyclic) bond motifs is 2. The highest BCUT2D eigenvalue weighted by Crippen LogP contribution is 2.46. The first-order valence-electron chi connectivity index (χ1n) is 8.49. The molecule has 4 heteroatoms. The first-order chi connectivity index (χ1) is 12.0. The Balaban J connectivity index is 1.84. The number of aryl methyl sites for hydroxylation is 1. The van der Waals surface area contributed by atoms with Crippen molar-refractivity contribution >= 4 is 34.6 Å². The van der Waals surface area contributed by atoms with Crippen LogP contribution in [0.5, 0.6) is 0 Å². The summed E-state index contributed by atoms with van der Waals surface area (Å²) in [6.07, 6.45) is 2.57. The van der Waals surface area contributed by atoms with E-state index in [1.54, 1.807) is 6.07 Å². The molecule has 25 heavy (non-hydrogen) atoms. The van der Waals surface area contributed by atoms with E-state index in [-0.39, 0.29) is 23.4 Å². The number of Topliss-reactive ketones (excluding diaryl/α,β-unsaturated/α-hetero) is 1. The van der Waals surface area contributed by atoms with Crippen molar-refractivity contribution in [2.45, 2.75) is 26.2 Å². The van der Waals surface area contributed by atoms with Gasteiger partial charge < -0.3 is 5.11 Å². The van der Waals surface area contributed by atoms with Gasteiger partial charge in [-0.1, -0.05) is 41.4 Å². The summed E-state index contributed by atoms with van der Waals surface area (Å²) in [5, 5.41) is 11.7. The number of carbonyl (C=O) groups is 1. The standard InChI is InChI=1S/C21H18Cl2O2/c1-11-2-3-12(13-6-7-17(22)18(23)10-13)9-16(11)19-20(24)14-4-5-15(8-14)21(19)25/h2-3,6-7,9-10,14-15,24H,4-5,8H2,1H3/t14-,15+/m1/s1. The molecule has 2 aliphatic carbocycles. The van der Waals surface area contributed by atoms with Gasteiger partial charge in [0.1, 0.15) is 5.76 Å². The fraction of sp³-hybridized carbons (Fsp3) is 0.286. The second-order valence-electron chi connectivity index (χ2n) is 6.99. The highest BCUT2D eigenvalue weighted by atomic mass is 35.5. The molecule has 4 rings (SSSR count). The van der Waals surface area contributed by atoms with Crippen molar-refractivity contribution in [2.75, 3.05) is 0 Å². The summed E-state index contributed by atoms with van der Waals surface area (Å²) in [5.74, 6) is 0.545. The molecule has 0 aromatic heterocycles. The molecule has 2 aromatic rings. The molecule has 1 N–H and O–H groups in total. The number of rotatable bonds is 2. The summed E-state index contributed by atoms with van der Waals surface area (Å²) in [6.45, 7) is 1.97. The zero-order valence-electron chi connectivity index (χ0n) is 13.9. The topological polar surface area (TPSA) is 37.3 Å². The van der Waals surface area contributed by atoms with Crippen LogP contribution in [-0.2, 0) is 4.79 Å². The Labute approximate surface area is 157 Å². The zero-order valence-corrected chi connectivity index (χ0v) is 15.4. The van der Waals surface area contributed by atoms with Crippen LogP contribution in [0, 0.1) is 18.8 Å². The van der Waals surface area contributed by atoms with E-state index in [0.29, 0.717) is 15.6 Å². The second-order valence-corrected chi connectivity index (χ2v) is 7.80. The van der Waals surface area contributed by atoms with Crippen LogP contribution in [0.3, 0.4) is 0 Å². The highest BCUT2D eigenvalue weighted by Gasteiger charge is 2.41. The fourth-order valence-electron chi connectivity index (χ4n) is 4.02. The molecule has 0 spiro atoms. The molecule has 0 radical (unpaired) electrons. The van der Waals surface area contributed by atoms with Gasteiger partial charge in [0.25, 0.3) is 0 Å². The first-order valence-corrected chi connectivity index (χ1v) is 9.25. The van der Waals surface area contributed by atoms with Gasteiger partial charge in [0.05, 0.1) is 15.6 Å². The molecule has 2 bridgehead atoms. The van der Waals surface area contributed by atoms with Crippen LogP contribution in [0.1, 0.15) is 30.4 Å². The van der Waals surface area contributed by atoms with Crippen LogP contribution in [0.2, 0.25) is 10.0 Å². The normalized spacial score (nSPS) is 22.6. The molecule has 0 saturated heterocycles. The number of ketones is 1. The molecule has 128 valence electrons. The van der Waals surface area contributed by atoms with Crippen molar-refractivity contribution in [3.63, 3.8) is 0 Å². The molecule has 0 amide bonds. The number of benzene rings is 2. The van der Waals surface area contributed by atoms with Gasteiger partial charge >= 0.3 is 0 Å². The Morgan fingerprint density at radius 2 is 1.64 bits per heavy atom. The minimum Gasteiger partial charge on any atom is -0.511 e. The van der Waals surface area contributed by atoms with E-state index < -0.39 is 0 Å². The summed E-state index contributed by atoms with van der Waals surface area (Å²) in [4.78, 5) is 12.8. The molecule has 0 heterocycles. The molecule has 2 aliphatic rings. The third kappa shape index (κ3) is 2.78. The summed E-state index contributed by atoms with van der Waals surface area (Å²) < 4.78 is 0. The van der Waals surface area contributed by atoms with Crippen LogP contribution in [0.15, 0.2) is 42.2 Å². The largest absolute Gasteiger partial charge is 0.511 e. The molecule has 2 aromatic carbocycles. The minimum absolute atomic E-state index is 0.0592. The first kappa shape index (κ1) is 16.7. The minimum atomic E-state index is 0.0592. The van der Waals surface area contributed by atoms with E-state index in [4.69, 9.17) is 23.2 Å². The van der Waals surface area contributed by atoms with Gasteiger partial charge in [0.2, 0.25) is 0 Å². The summed E-state index contributed by atoms with van der Waals surface area (Å²) in [5.41, 5.74) is 4.20. The van der Waals surface area contributed by atoms with Crippen molar-refractivity contribution in [1.82, 2.24) is 0 Å². The Morgan fingerprint density at radius 1 is 0.960 bits per heavy atom. The van der Waals surface area contributed by atoms with E-state index >= 15 is 0 Å².